The number of thiazole rings is 1. The first-order valence-corrected chi connectivity index (χ1v) is 9.18. The molecule has 0 aliphatic carbocycles. The van der Waals surface area contributed by atoms with E-state index in [-0.39, 0.29) is 0 Å². The van der Waals surface area contributed by atoms with Crippen molar-refractivity contribution in [2.24, 2.45) is 0 Å². The van der Waals surface area contributed by atoms with Gasteiger partial charge in [0.15, 0.2) is 0 Å². The molecule has 4 rings (SSSR count). The van der Waals surface area contributed by atoms with Gasteiger partial charge < -0.3 is 0 Å². The van der Waals surface area contributed by atoms with Crippen LogP contribution in [0.15, 0.2) is 54.9 Å². The molecular formula is C20H16ClN3S. The van der Waals surface area contributed by atoms with Crippen LogP contribution in [0.5, 0.6) is 0 Å². The minimum absolute atomic E-state index is 0.661. The van der Waals surface area contributed by atoms with Crippen LogP contribution >= 0.6 is 22.9 Å². The van der Waals surface area contributed by atoms with Crippen molar-refractivity contribution in [3.05, 3.63) is 81.6 Å². The van der Waals surface area contributed by atoms with Crippen molar-refractivity contribution in [1.29, 1.82) is 0 Å². The van der Waals surface area contributed by atoms with Gasteiger partial charge in [0.2, 0.25) is 0 Å². The standard InChI is InChI=1S/C20H16ClN3S/c1-14-6-8-19-18(10-14)23-20(25-19)9-7-15-11-22-24(12-15)13-16-4-2-3-5-17(16)21/h2-12H,13H2,1H3/b9-7+. The summed E-state index contributed by atoms with van der Waals surface area (Å²) < 4.78 is 3.10. The molecule has 25 heavy (non-hydrogen) atoms. The first-order valence-electron chi connectivity index (χ1n) is 7.98. The molecule has 3 nitrogen and oxygen atoms in total. The third-order valence-electron chi connectivity index (χ3n) is 3.92. The van der Waals surface area contributed by atoms with Gasteiger partial charge in [-0.05, 0) is 48.4 Å². The van der Waals surface area contributed by atoms with Gasteiger partial charge in [0, 0.05) is 16.8 Å². The van der Waals surface area contributed by atoms with E-state index in [9.17, 15) is 0 Å². The second-order valence-electron chi connectivity index (χ2n) is 5.92. The Morgan fingerprint density at radius 2 is 2.04 bits per heavy atom. The molecule has 0 bridgehead atoms. The van der Waals surface area contributed by atoms with E-state index in [4.69, 9.17) is 11.6 Å². The van der Waals surface area contributed by atoms with Crippen LogP contribution in [-0.4, -0.2) is 14.8 Å². The van der Waals surface area contributed by atoms with Crippen LogP contribution in [0.1, 0.15) is 21.7 Å². The van der Waals surface area contributed by atoms with Crippen LogP contribution < -0.4 is 0 Å². The SMILES string of the molecule is Cc1ccc2sc(/C=C/c3cnn(Cc4ccccc4Cl)c3)nc2c1. The Morgan fingerprint density at radius 3 is 2.92 bits per heavy atom. The van der Waals surface area contributed by atoms with Gasteiger partial charge in [0.25, 0.3) is 0 Å². The molecule has 0 amide bonds. The van der Waals surface area contributed by atoms with Crippen molar-refractivity contribution >= 4 is 45.3 Å². The second-order valence-corrected chi connectivity index (χ2v) is 7.39. The molecule has 0 atom stereocenters. The number of halogens is 1. The quantitative estimate of drug-likeness (QED) is 0.466. The Kier molecular flexibility index (Phi) is 4.38. The van der Waals surface area contributed by atoms with Gasteiger partial charge in [-0.25, -0.2) is 4.98 Å². The molecule has 5 heteroatoms. The van der Waals surface area contributed by atoms with E-state index in [1.807, 2.05) is 53.5 Å². The largest absolute Gasteiger partial charge is 0.268 e. The molecule has 0 fully saturated rings. The highest BCUT2D eigenvalue weighted by molar-refractivity contribution is 7.19. The summed E-state index contributed by atoms with van der Waals surface area (Å²) in [6, 6.07) is 14.2. The number of benzene rings is 2. The number of nitrogens with zero attached hydrogens (tertiary/aromatic N) is 3. The summed E-state index contributed by atoms with van der Waals surface area (Å²) >= 11 is 7.90. The summed E-state index contributed by atoms with van der Waals surface area (Å²) in [6.45, 7) is 2.75. The Balaban J connectivity index is 1.51. The lowest BCUT2D eigenvalue weighted by Crippen LogP contribution is -2.00. The molecule has 0 aliphatic heterocycles. The first-order chi connectivity index (χ1) is 12.2. The van der Waals surface area contributed by atoms with Gasteiger partial charge in [-0.1, -0.05) is 35.9 Å². The maximum atomic E-state index is 6.21. The zero-order valence-electron chi connectivity index (χ0n) is 13.7. The summed E-state index contributed by atoms with van der Waals surface area (Å²) in [5.41, 5.74) is 4.39. The van der Waals surface area contributed by atoms with Crippen LogP contribution in [0.4, 0.5) is 0 Å². The van der Waals surface area contributed by atoms with Crippen LogP contribution in [0.2, 0.25) is 5.02 Å². The van der Waals surface area contributed by atoms with Crippen LogP contribution in [0.25, 0.3) is 22.4 Å². The number of fused-ring (bicyclic) bond motifs is 1. The Bertz CT molecular complexity index is 1060. The van der Waals surface area contributed by atoms with E-state index in [1.54, 1.807) is 11.3 Å². The van der Waals surface area contributed by atoms with Crippen LogP contribution in [0.3, 0.4) is 0 Å². The Labute approximate surface area is 155 Å². The molecule has 0 saturated heterocycles. The minimum atomic E-state index is 0.661. The highest BCUT2D eigenvalue weighted by atomic mass is 35.5. The number of hydrogen-bond acceptors (Lipinski definition) is 3. The molecule has 0 saturated carbocycles. The molecular weight excluding hydrogens is 350 g/mol. The van der Waals surface area contributed by atoms with Gasteiger partial charge in [-0.2, -0.15) is 5.10 Å². The summed E-state index contributed by atoms with van der Waals surface area (Å²) in [7, 11) is 0. The lowest BCUT2D eigenvalue weighted by molar-refractivity contribution is 0.687. The first kappa shape index (κ1) is 16.1. The van der Waals surface area contributed by atoms with Gasteiger partial charge in [0.05, 0.1) is 23.0 Å². The maximum absolute atomic E-state index is 6.21. The van der Waals surface area contributed by atoms with Crippen LogP contribution in [-0.2, 0) is 6.54 Å². The monoisotopic (exact) mass is 365 g/mol. The van der Waals surface area contributed by atoms with Gasteiger partial charge in [-0.3, -0.25) is 4.68 Å². The van der Waals surface area contributed by atoms with Crippen molar-refractivity contribution < 1.29 is 0 Å². The lowest BCUT2D eigenvalue weighted by atomic mass is 10.2. The third-order valence-corrected chi connectivity index (χ3v) is 5.29. The lowest BCUT2D eigenvalue weighted by Gasteiger charge is -2.03. The van der Waals surface area contributed by atoms with Gasteiger partial charge in [0.1, 0.15) is 5.01 Å². The van der Waals surface area contributed by atoms with Crippen molar-refractivity contribution in [3.63, 3.8) is 0 Å². The van der Waals surface area contributed by atoms with E-state index in [0.29, 0.717) is 6.54 Å². The average molecular weight is 366 g/mol. The predicted octanol–water partition coefficient (Wildman–Crippen LogP) is 5.67. The molecule has 2 aromatic carbocycles. The van der Waals surface area contributed by atoms with E-state index >= 15 is 0 Å². The maximum Gasteiger partial charge on any atom is 0.117 e. The molecule has 124 valence electrons. The summed E-state index contributed by atoms with van der Waals surface area (Å²) in [6.07, 6.45) is 7.94. The van der Waals surface area contributed by atoms with E-state index < -0.39 is 0 Å². The fourth-order valence-corrected chi connectivity index (χ4v) is 3.69. The summed E-state index contributed by atoms with van der Waals surface area (Å²) in [5, 5.41) is 6.17. The number of aromatic nitrogens is 3. The molecule has 4 aromatic rings. The molecule has 0 N–H and O–H groups in total. The minimum Gasteiger partial charge on any atom is -0.268 e. The highest BCUT2D eigenvalue weighted by Crippen LogP contribution is 2.24. The zero-order chi connectivity index (χ0) is 17.2. The molecule has 2 heterocycles. The van der Waals surface area contributed by atoms with Crippen molar-refractivity contribution in [2.45, 2.75) is 13.5 Å². The third kappa shape index (κ3) is 3.65. The van der Waals surface area contributed by atoms with Crippen molar-refractivity contribution in [1.82, 2.24) is 14.8 Å². The fourth-order valence-electron chi connectivity index (χ4n) is 2.65. The number of hydrogen-bond donors (Lipinski definition) is 0. The fraction of sp³-hybridized carbons (Fsp3) is 0.100. The van der Waals surface area contributed by atoms with E-state index in [0.717, 1.165) is 26.7 Å². The van der Waals surface area contributed by atoms with Crippen LogP contribution in [0, 0.1) is 6.92 Å². The molecule has 0 spiro atoms. The Hall–Kier alpha value is -2.43. The van der Waals surface area contributed by atoms with Gasteiger partial charge >= 0.3 is 0 Å². The van der Waals surface area contributed by atoms with Gasteiger partial charge in [-0.15, -0.1) is 11.3 Å². The Morgan fingerprint density at radius 1 is 1.16 bits per heavy atom. The normalized spacial score (nSPS) is 11.6. The second kappa shape index (κ2) is 6.82. The molecule has 0 aliphatic rings. The smallest absolute Gasteiger partial charge is 0.117 e. The summed E-state index contributed by atoms with van der Waals surface area (Å²) in [4.78, 5) is 4.66. The van der Waals surface area contributed by atoms with Crippen molar-refractivity contribution in [3.8, 4) is 0 Å². The van der Waals surface area contributed by atoms with Crippen molar-refractivity contribution in [2.75, 3.05) is 0 Å². The highest BCUT2D eigenvalue weighted by Gasteiger charge is 2.03. The summed E-state index contributed by atoms with van der Waals surface area (Å²) in [5.74, 6) is 0. The molecule has 2 aromatic heterocycles. The molecule has 0 radical (unpaired) electrons. The predicted molar refractivity (Wildman–Crippen MR) is 106 cm³/mol. The number of aryl methyl sites for hydroxylation is 1. The molecule has 0 unspecified atom stereocenters. The zero-order valence-corrected chi connectivity index (χ0v) is 15.3. The topological polar surface area (TPSA) is 30.7 Å². The van der Waals surface area contributed by atoms with E-state index in [2.05, 4.69) is 35.2 Å². The van der Waals surface area contributed by atoms with E-state index in [1.165, 1.54) is 10.3 Å². The average Bonchev–Trinajstić information content (AvgIpc) is 3.21. The number of rotatable bonds is 4.